The minimum absolute atomic E-state index is 0.0730. The van der Waals surface area contributed by atoms with Gasteiger partial charge in [0.25, 0.3) is 5.91 Å². The van der Waals surface area contributed by atoms with E-state index in [-0.39, 0.29) is 5.91 Å². The lowest BCUT2D eigenvalue weighted by Gasteiger charge is -2.39. The highest BCUT2D eigenvalue weighted by atomic mass is 16.1. The van der Waals surface area contributed by atoms with Crippen molar-refractivity contribution in [2.45, 2.75) is 58.9 Å². The molecular weight excluding hydrogens is 246 g/mol. The van der Waals surface area contributed by atoms with Gasteiger partial charge in [0, 0.05) is 11.6 Å². The summed E-state index contributed by atoms with van der Waals surface area (Å²) >= 11 is 0. The van der Waals surface area contributed by atoms with Gasteiger partial charge in [0.05, 0.1) is 0 Å². The van der Waals surface area contributed by atoms with Crippen molar-refractivity contribution in [2.24, 2.45) is 11.3 Å². The predicted octanol–water partition coefficient (Wildman–Crippen LogP) is 4.41. The molecule has 2 rings (SSSR count). The highest BCUT2D eigenvalue weighted by molar-refractivity contribution is 5.94. The summed E-state index contributed by atoms with van der Waals surface area (Å²) in [7, 11) is 0. The maximum absolute atomic E-state index is 12.1. The summed E-state index contributed by atoms with van der Waals surface area (Å²) in [5.41, 5.74) is 1.21. The summed E-state index contributed by atoms with van der Waals surface area (Å²) in [6.07, 6.45) is 5.94. The average molecular weight is 273 g/mol. The lowest BCUT2D eigenvalue weighted by molar-refractivity contribution is 0.0893. The van der Waals surface area contributed by atoms with E-state index >= 15 is 0 Å². The van der Waals surface area contributed by atoms with Gasteiger partial charge < -0.3 is 5.32 Å². The highest BCUT2D eigenvalue weighted by Crippen LogP contribution is 2.40. The predicted molar refractivity (Wildman–Crippen MR) is 83.7 cm³/mol. The van der Waals surface area contributed by atoms with E-state index in [1.807, 2.05) is 30.3 Å². The summed E-state index contributed by atoms with van der Waals surface area (Å²) in [5.74, 6) is 0.876. The van der Waals surface area contributed by atoms with E-state index in [1.165, 1.54) is 19.3 Å². The molecule has 1 aromatic rings. The quantitative estimate of drug-likeness (QED) is 0.865. The van der Waals surface area contributed by atoms with Crippen LogP contribution in [0.1, 0.15) is 63.2 Å². The van der Waals surface area contributed by atoms with Gasteiger partial charge in [0.1, 0.15) is 0 Å². The van der Waals surface area contributed by atoms with E-state index in [0.717, 1.165) is 24.3 Å². The number of amides is 1. The van der Waals surface area contributed by atoms with Gasteiger partial charge in [0.2, 0.25) is 0 Å². The number of nitrogens with one attached hydrogen (secondary N) is 1. The third kappa shape index (κ3) is 3.62. The van der Waals surface area contributed by atoms with Crippen molar-refractivity contribution in [2.75, 3.05) is 0 Å². The van der Waals surface area contributed by atoms with Crippen LogP contribution in [0.5, 0.6) is 0 Å². The number of rotatable bonds is 4. The molecule has 0 spiro atoms. The molecule has 1 amide bonds. The van der Waals surface area contributed by atoms with Gasteiger partial charge in [0.15, 0.2) is 0 Å². The first-order valence-corrected chi connectivity index (χ1v) is 7.89. The van der Waals surface area contributed by atoms with Crippen LogP contribution < -0.4 is 5.32 Å². The van der Waals surface area contributed by atoms with Crippen LogP contribution in [0, 0.1) is 11.3 Å². The molecule has 20 heavy (non-hydrogen) atoms. The molecule has 1 aliphatic carbocycles. The van der Waals surface area contributed by atoms with E-state index in [4.69, 9.17) is 0 Å². The maximum Gasteiger partial charge on any atom is 0.251 e. The van der Waals surface area contributed by atoms with E-state index in [2.05, 4.69) is 26.1 Å². The second kappa shape index (κ2) is 6.43. The minimum atomic E-state index is 0.0730. The average Bonchev–Trinajstić information content (AvgIpc) is 2.48. The van der Waals surface area contributed by atoms with Crippen molar-refractivity contribution < 1.29 is 4.79 Å². The molecule has 0 bridgehead atoms. The van der Waals surface area contributed by atoms with E-state index in [9.17, 15) is 4.79 Å². The molecule has 110 valence electrons. The fraction of sp³-hybridized carbons (Fsp3) is 0.611. The Kier molecular flexibility index (Phi) is 4.85. The fourth-order valence-corrected chi connectivity index (χ4v) is 3.17. The van der Waals surface area contributed by atoms with Crippen LogP contribution in [0.3, 0.4) is 0 Å². The Morgan fingerprint density at radius 1 is 1.15 bits per heavy atom. The Morgan fingerprint density at radius 3 is 2.30 bits per heavy atom. The molecule has 1 aliphatic rings. The molecule has 1 aromatic carbocycles. The SMILES string of the molecule is CCC(C)(C)C1CCC(NC(=O)c2ccccc2)CC1. The number of carbonyl (C=O) groups excluding carboxylic acids is 1. The first kappa shape index (κ1) is 15.1. The second-order valence-corrected chi connectivity index (χ2v) is 6.73. The van der Waals surface area contributed by atoms with Crippen molar-refractivity contribution >= 4 is 5.91 Å². The van der Waals surface area contributed by atoms with E-state index in [1.54, 1.807) is 0 Å². The van der Waals surface area contributed by atoms with Crippen molar-refractivity contribution in [3.63, 3.8) is 0 Å². The van der Waals surface area contributed by atoms with Crippen molar-refractivity contribution in [1.29, 1.82) is 0 Å². The lowest BCUT2D eigenvalue weighted by atomic mass is 9.69. The zero-order valence-corrected chi connectivity index (χ0v) is 13.0. The summed E-state index contributed by atoms with van der Waals surface area (Å²) in [5, 5.41) is 3.19. The summed E-state index contributed by atoms with van der Waals surface area (Å²) < 4.78 is 0. The van der Waals surface area contributed by atoms with Gasteiger partial charge in [-0.25, -0.2) is 0 Å². The van der Waals surface area contributed by atoms with Gasteiger partial charge in [-0.1, -0.05) is 45.4 Å². The first-order valence-electron chi connectivity index (χ1n) is 7.89. The molecule has 0 heterocycles. The largest absolute Gasteiger partial charge is 0.349 e. The summed E-state index contributed by atoms with van der Waals surface area (Å²) in [4.78, 5) is 12.1. The highest BCUT2D eigenvalue weighted by Gasteiger charge is 2.32. The van der Waals surface area contributed by atoms with Crippen LogP contribution in [0.4, 0.5) is 0 Å². The van der Waals surface area contributed by atoms with Crippen LogP contribution in [0.15, 0.2) is 30.3 Å². The Balaban J connectivity index is 1.85. The minimum Gasteiger partial charge on any atom is -0.349 e. The Labute approximate surface area is 123 Å². The molecule has 1 fully saturated rings. The molecule has 0 radical (unpaired) electrons. The van der Waals surface area contributed by atoms with Crippen molar-refractivity contribution in [1.82, 2.24) is 5.32 Å². The molecule has 1 saturated carbocycles. The Hall–Kier alpha value is -1.31. The van der Waals surface area contributed by atoms with Crippen molar-refractivity contribution in [3.8, 4) is 0 Å². The molecule has 0 atom stereocenters. The van der Waals surface area contributed by atoms with Crippen LogP contribution in [0.25, 0.3) is 0 Å². The molecule has 0 unspecified atom stereocenters. The molecular formula is C18H27NO. The van der Waals surface area contributed by atoms with Gasteiger partial charge in [-0.3, -0.25) is 4.79 Å². The molecule has 0 aliphatic heterocycles. The first-order chi connectivity index (χ1) is 9.53. The summed E-state index contributed by atoms with van der Waals surface area (Å²) in [6, 6.07) is 9.87. The van der Waals surface area contributed by atoms with Gasteiger partial charge in [-0.05, 0) is 49.1 Å². The Bertz CT molecular complexity index is 430. The van der Waals surface area contributed by atoms with Crippen LogP contribution in [0.2, 0.25) is 0 Å². The number of hydrogen-bond acceptors (Lipinski definition) is 1. The van der Waals surface area contributed by atoms with E-state index < -0.39 is 0 Å². The molecule has 1 N–H and O–H groups in total. The van der Waals surface area contributed by atoms with Gasteiger partial charge in [-0.15, -0.1) is 0 Å². The third-order valence-corrected chi connectivity index (χ3v) is 5.11. The zero-order chi connectivity index (χ0) is 14.6. The number of hydrogen-bond donors (Lipinski definition) is 1. The smallest absolute Gasteiger partial charge is 0.251 e. The fourth-order valence-electron chi connectivity index (χ4n) is 3.17. The molecule has 0 saturated heterocycles. The van der Waals surface area contributed by atoms with Gasteiger partial charge >= 0.3 is 0 Å². The summed E-state index contributed by atoms with van der Waals surface area (Å²) in [6.45, 7) is 7.03. The lowest BCUT2D eigenvalue weighted by Crippen LogP contribution is -2.39. The van der Waals surface area contributed by atoms with Crippen LogP contribution in [-0.2, 0) is 0 Å². The molecule has 2 heteroatoms. The molecule has 0 aromatic heterocycles. The topological polar surface area (TPSA) is 29.1 Å². The van der Waals surface area contributed by atoms with Gasteiger partial charge in [-0.2, -0.15) is 0 Å². The molecule has 2 nitrogen and oxygen atoms in total. The monoisotopic (exact) mass is 273 g/mol. The van der Waals surface area contributed by atoms with Crippen LogP contribution >= 0.6 is 0 Å². The normalized spacial score (nSPS) is 23.4. The zero-order valence-electron chi connectivity index (χ0n) is 13.0. The van der Waals surface area contributed by atoms with Crippen molar-refractivity contribution in [3.05, 3.63) is 35.9 Å². The Morgan fingerprint density at radius 2 is 1.75 bits per heavy atom. The standard InChI is InChI=1S/C18H27NO/c1-4-18(2,3)15-10-12-16(13-11-15)19-17(20)14-8-6-5-7-9-14/h5-9,15-16H,4,10-13H2,1-3H3,(H,19,20). The number of benzene rings is 1. The third-order valence-electron chi connectivity index (χ3n) is 5.11. The second-order valence-electron chi connectivity index (χ2n) is 6.73. The van der Waals surface area contributed by atoms with E-state index in [0.29, 0.717) is 11.5 Å². The number of carbonyl (C=O) groups is 1. The van der Waals surface area contributed by atoms with Crippen LogP contribution in [-0.4, -0.2) is 11.9 Å². The maximum atomic E-state index is 12.1.